The molecule has 2 aromatic rings. The van der Waals surface area contributed by atoms with Crippen molar-refractivity contribution in [1.82, 2.24) is 5.32 Å². The second-order valence-corrected chi connectivity index (χ2v) is 5.73. The minimum absolute atomic E-state index is 0.123. The highest BCUT2D eigenvalue weighted by Crippen LogP contribution is 2.24. The second-order valence-electron chi connectivity index (χ2n) is 5.73. The molecule has 1 N–H and O–H groups in total. The first-order chi connectivity index (χ1) is 11.3. The first kappa shape index (κ1) is 15.1. The lowest BCUT2D eigenvalue weighted by atomic mass is 10.1. The van der Waals surface area contributed by atoms with Gasteiger partial charge in [-0.15, -0.1) is 0 Å². The molecule has 0 aliphatic carbocycles. The summed E-state index contributed by atoms with van der Waals surface area (Å²) in [5.74, 6) is -0.123. The molecule has 2 aromatic carbocycles. The number of nitrogens with one attached hydrogen (secondary N) is 1. The van der Waals surface area contributed by atoms with Crippen LogP contribution in [0.4, 0.5) is 5.69 Å². The molecule has 1 aliphatic heterocycles. The van der Waals surface area contributed by atoms with Crippen molar-refractivity contribution >= 4 is 11.6 Å². The van der Waals surface area contributed by atoms with E-state index in [1.807, 2.05) is 18.2 Å². The number of carbonyl (C=O) groups is 1. The third kappa shape index (κ3) is 3.51. The van der Waals surface area contributed by atoms with Gasteiger partial charge in [0.05, 0.1) is 11.6 Å². The van der Waals surface area contributed by atoms with E-state index >= 15 is 0 Å². The maximum absolute atomic E-state index is 12.3. The summed E-state index contributed by atoms with van der Waals surface area (Å²) in [5.41, 5.74) is 2.24. The molecule has 0 unspecified atom stereocenters. The first-order valence-corrected chi connectivity index (χ1v) is 7.88. The molecular formula is C19H19N3O. The molecule has 116 valence electrons. The Labute approximate surface area is 136 Å². The van der Waals surface area contributed by atoms with E-state index in [1.165, 1.54) is 5.69 Å². The fourth-order valence-corrected chi connectivity index (χ4v) is 3.05. The van der Waals surface area contributed by atoms with Gasteiger partial charge in [0.25, 0.3) is 5.91 Å². The highest BCUT2D eigenvalue weighted by Gasteiger charge is 2.25. The number of anilines is 1. The summed E-state index contributed by atoms with van der Waals surface area (Å²) in [6.07, 6.45) is 2.22. The van der Waals surface area contributed by atoms with Crippen molar-refractivity contribution in [3.05, 3.63) is 65.7 Å². The van der Waals surface area contributed by atoms with Gasteiger partial charge in [-0.05, 0) is 43.2 Å². The molecule has 4 heteroatoms. The van der Waals surface area contributed by atoms with E-state index in [2.05, 4.69) is 28.4 Å². The Kier molecular flexibility index (Phi) is 4.58. The van der Waals surface area contributed by atoms with Crippen molar-refractivity contribution in [1.29, 1.82) is 5.26 Å². The monoisotopic (exact) mass is 305 g/mol. The van der Waals surface area contributed by atoms with Crippen LogP contribution in [0.15, 0.2) is 54.6 Å². The lowest BCUT2D eigenvalue weighted by Crippen LogP contribution is -2.40. The molecule has 4 nitrogen and oxygen atoms in total. The van der Waals surface area contributed by atoms with Crippen molar-refractivity contribution in [3.8, 4) is 6.07 Å². The quantitative estimate of drug-likeness (QED) is 0.945. The van der Waals surface area contributed by atoms with E-state index in [9.17, 15) is 4.79 Å². The average Bonchev–Trinajstić information content (AvgIpc) is 3.09. The van der Waals surface area contributed by atoms with E-state index in [0.717, 1.165) is 19.4 Å². The van der Waals surface area contributed by atoms with Gasteiger partial charge >= 0.3 is 0 Å². The number of benzene rings is 2. The molecule has 1 aliphatic rings. The topological polar surface area (TPSA) is 56.1 Å². The molecule has 1 atom stereocenters. The van der Waals surface area contributed by atoms with Gasteiger partial charge in [0.15, 0.2) is 0 Å². The van der Waals surface area contributed by atoms with Crippen LogP contribution in [0.2, 0.25) is 0 Å². The second kappa shape index (κ2) is 6.97. The predicted molar refractivity (Wildman–Crippen MR) is 90.3 cm³/mol. The zero-order chi connectivity index (χ0) is 16.1. The lowest BCUT2D eigenvalue weighted by Gasteiger charge is -2.27. The maximum Gasteiger partial charge on any atom is 0.251 e. The summed E-state index contributed by atoms with van der Waals surface area (Å²) in [6, 6.07) is 19.5. The van der Waals surface area contributed by atoms with E-state index in [1.54, 1.807) is 24.3 Å². The zero-order valence-electron chi connectivity index (χ0n) is 12.9. The molecule has 0 radical (unpaired) electrons. The van der Waals surface area contributed by atoms with Crippen LogP contribution >= 0.6 is 0 Å². The van der Waals surface area contributed by atoms with Crippen molar-refractivity contribution in [2.45, 2.75) is 18.9 Å². The smallest absolute Gasteiger partial charge is 0.251 e. The summed E-state index contributed by atoms with van der Waals surface area (Å²) in [6.45, 7) is 1.64. The van der Waals surface area contributed by atoms with E-state index in [4.69, 9.17) is 5.26 Å². The summed E-state index contributed by atoms with van der Waals surface area (Å²) in [4.78, 5) is 14.6. The van der Waals surface area contributed by atoms with Gasteiger partial charge in [-0.2, -0.15) is 5.26 Å². The van der Waals surface area contributed by atoms with Crippen molar-refractivity contribution in [2.24, 2.45) is 0 Å². The summed E-state index contributed by atoms with van der Waals surface area (Å²) >= 11 is 0. The van der Waals surface area contributed by atoms with Crippen LogP contribution < -0.4 is 10.2 Å². The number of amides is 1. The number of carbonyl (C=O) groups excluding carboxylic acids is 1. The van der Waals surface area contributed by atoms with Gasteiger partial charge in [-0.1, -0.05) is 24.3 Å². The molecule has 1 fully saturated rings. The molecule has 1 amide bonds. The molecular weight excluding hydrogens is 286 g/mol. The van der Waals surface area contributed by atoms with Gasteiger partial charge in [-0.25, -0.2) is 0 Å². The predicted octanol–water partition coefficient (Wildman–Crippen LogP) is 2.96. The van der Waals surface area contributed by atoms with Crippen LogP contribution in [-0.4, -0.2) is 25.0 Å². The molecule has 3 rings (SSSR count). The Morgan fingerprint density at radius 3 is 2.83 bits per heavy atom. The zero-order valence-corrected chi connectivity index (χ0v) is 12.9. The number of nitrogens with zero attached hydrogens (tertiary/aromatic N) is 2. The number of hydrogen-bond donors (Lipinski definition) is 1. The van der Waals surface area contributed by atoms with Gasteiger partial charge in [0.2, 0.25) is 0 Å². The molecule has 0 bridgehead atoms. The SMILES string of the molecule is N#Cc1cccc(C(=O)NC[C@@H]2CCCN2c2ccccc2)c1. The Hall–Kier alpha value is -2.80. The van der Waals surface area contributed by atoms with Crippen LogP contribution in [0.25, 0.3) is 0 Å². The normalized spacial score (nSPS) is 16.8. The fraction of sp³-hybridized carbons (Fsp3) is 0.263. The minimum Gasteiger partial charge on any atom is -0.367 e. The maximum atomic E-state index is 12.3. The Bertz CT molecular complexity index is 721. The van der Waals surface area contributed by atoms with E-state index in [-0.39, 0.29) is 5.91 Å². The largest absolute Gasteiger partial charge is 0.367 e. The summed E-state index contributed by atoms with van der Waals surface area (Å²) in [7, 11) is 0. The third-order valence-corrected chi connectivity index (χ3v) is 4.22. The van der Waals surface area contributed by atoms with Gasteiger partial charge in [0.1, 0.15) is 0 Å². The minimum atomic E-state index is -0.123. The number of hydrogen-bond acceptors (Lipinski definition) is 3. The van der Waals surface area contributed by atoms with Gasteiger partial charge in [-0.3, -0.25) is 4.79 Å². The van der Waals surface area contributed by atoms with Gasteiger partial charge < -0.3 is 10.2 Å². The summed E-state index contributed by atoms with van der Waals surface area (Å²) in [5, 5.41) is 11.9. The van der Waals surface area contributed by atoms with Crippen LogP contribution in [0.1, 0.15) is 28.8 Å². The fourth-order valence-electron chi connectivity index (χ4n) is 3.05. The third-order valence-electron chi connectivity index (χ3n) is 4.22. The highest BCUT2D eigenvalue weighted by molar-refractivity contribution is 5.94. The molecule has 0 saturated carbocycles. The van der Waals surface area contributed by atoms with Crippen molar-refractivity contribution < 1.29 is 4.79 Å². The highest BCUT2D eigenvalue weighted by atomic mass is 16.1. The molecule has 1 saturated heterocycles. The standard InChI is InChI=1S/C19H19N3O/c20-13-15-6-4-7-16(12-15)19(23)21-14-18-10-5-11-22(18)17-8-2-1-3-9-17/h1-4,6-9,12,18H,5,10-11,14H2,(H,21,23)/t18-/m0/s1. The molecule has 0 aromatic heterocycles. The number of rotatable bonds is 4. The Morgan fingerprint density at radius 2 is 2.04 bits per heavy atom. The first-order valence-electron chi connectivity index (χ1n) is 7.88. The van der Waals surface area contributed by atoms with Crippen LogP contribution in [-0.2, 0) is 0 Å². The molecule has 0 spiro atoms. The van der Waals surface area contributed by atoms with E-state index in [0.29, 0.717) is 23.7 Å². The number of nitriles is 1. The van der Waals surface area contributed by atoms with Crippen molar-refractivity contribution in [2.75, 3.05) is 18.0 Å². The average molecular weight is 305 g/mol. The molecule has 23 heavy (non-hydrogen) atoms. The Balaban J connectivity index is 1.63. The Morgan fingerprint density at radius 1 is 1.22 bits per heavy atom. The molecule has 1 heterocycles. The van der Waals surface area contributed by atoms with Crippen LogP contribution in [0.3, 0.4) is 0 Å². The van der Waals surface area contributed by atoms with Crippen LogP contribution in [0.5, 0.6) is 0 Å². The van der Waals surface area contributed by atoms with E-state index < -0.39 is 0 Å². The van der Waals surface area contributed by atoms with Gasteiger partial charge in [0, 0.05) is 30.4 Å². The lowest BCUT2D eigenvalue weighted by molar-refractivity contribution is 0.0951. The van der Waals surface area contributed by atoms with Crippen molar-refractivity contribution in [3.63, 3.8) is 0 Å². The summed E-state index contributed by atoms with van der Waals surface area (Å²) < 4.78 is 0. The number of para-hydroxylation sites is 1. The van der Waals surface area contributed by atoms with Crippen LogP contribution in [0, 0.1) is 11.3 Å².